The SMILES string of the molecule is CCC(C(=O)NC1=C(C(=O)OC)C(C)=C[SH]1C(=O)NCCNC(=O)[C@@H](NC(=O)[C@@H](NC(=O)[C@@H](NC(=O)OC(C)(C)C)C(C)C)C(C)C)C(C)C)c1ccc(F)cc1. The van der Waals surface area contributed by atoms with Gasteiger partial charge in [-0.15, -0.1) is 10.9 Å². The Bertz CT molecular complexity index is 1710. The molecule has 2 rings (SSSR count). The maximum absolute atomic E-state index is 13.6. The Morgan fingerprint density at radius 1 is 0.737 bits per heavy atom. The minimum Gasteiger partial charge on any atom is -0.465 e. The molecule has 0 fully saturated rings. The van der Waals surface area contributed by atoms with Gasteiger partial charge in [0, 0.05) is 13.1 Å². The molecule has 1 aromatic rings. The molecule has 318 valence electrons. The van der Waals surface area contributed by atoms with Crippen molar-refractivity contribution in [1.29, 1.82) is 0 Å². The molecule has 0 radical (unpaired) electrons. The molecule has 15 nitrogen and oxygen atoms in total. The molecule has 6 N–H and O–H groups in total. The van der Waals surface area contributed by atoms with Gasteiger partial charge in [-0.3, -0.25) is 24.0 Å². The normalized spacial score (nSPS) is 16.8. The average Bonchev–Trinajstić information content (AvgIpc) is 3.44. The molecule has 2 unspecified atom stereocenters. The zero-order chi connectivity index (χ0) is 43.4. The summed E-state index contributed by atoms with van der Waals surface area (Å²) in [6.07, 6.45) is -0.408. The van der Waals surface area contributed by atoms with Crippen LogP contribution in [0, 0.1) is 23.6 Å². The van der Waals surface area contributed by atoms with Crippen molar-refractivity contribution in [3.05, 3.63) is 57.2 Å². The summed E-state index contributed by atoms with van der Waals surface area (Å²) in [5, 5.41) is 17.5. The molecule has 6 amide bonds. The van der Waals surface area contributed by atoms with Crippen LogP contribution in [0.25, 0.3) is 0 Å². The number of amides is 6. The first-order valence-corrected chi connectivity index (χ1v) is 20.5. The summed E-state index contributed by atoms with van der Waals surface area (Å²) in [6.45, 7) is 18.9. The second-order valence-corrected chi connectivity index (χ2v) is 17.6. The van der Waals surface area contributed by atoms with Crippen LogP contribution in [0.5, 0.6) is 0 Å². The van der Waals surface area contributed by atoms with Crippen LogP contribution in [-0.2, 0) is 33.4 Å². The molecule has 0 spiro atoms. The van der Waals surface area contributed by atoms with Crippen molar-refractivity contribution in [3.8, 4) is 0 Å². The van der Waals surface area contributed by atoms with Gasteiger partial charge in [0.25, 0.3) is 5.24 Å². The predicted octanol–water partition coefficient (Wildman–Crippen LogP) is 4.40. The molecule has 17 heteroatoms. The van der Waals surface area contributed by atoms with Crippen LogP contribution in [0.2, 0.25) is 0 Å². The van der Waals surface area contributed by atoms with Crippen LogP contribution in [0.4, 0.5) is 14.0 Å². The van der Waals surface area contributed by atoms with E-state index in [0.717, 1.165) is 0 Å². The molecule has 0 saturated heterocycles. The number of ether oxygens (including phenoxy) is 2. The van der Waals surface area contributed by atoms with Crippen molar-refractivity contribution >= 4 is 51.8 Å². The quantitative estimate of drug-likeness (QED) is 0.0674. The lowest BCUT2D eigenvalue weighted by Crippen LogP contribution is -2.60. The second kappa shape index (κ2) is 21.6. The average molecular weight is 821 g/mol. The van der Waals surface area contributed by atoms with E-state index in [1.807, 2.05) is 0 Å². The van der Waals surface area contributed by atoms with Gasteiger partial charge in [0.2, 0.25) is 23.6 Å². The summed E-state index contributed by atoms with van der Waals surface area (Å²) in [4.78, 5) is 92.4. The number of rotatable bonds is 17. The zero-order valence-corrected chi connectivity index (χ0v) is 35.9. The number of hydrogen-bond acceptors (Lipinski definition) is 9. The third-order valence-corrected chi connectivity index (χ3v) is 10.9. The molecule has 0 saturated carbocycles. The van der Waals surface area contributed by atoms with Crippen molar-refractivity contribution < 1.29 is 47.4 Å². The first kappa shape index (κ1) is 48.2. The van der Waals surface area contributed by atoms with Crippen molar-refractivity contribution in [2.45, 2.75) is 112 Å². The highest BCUT2D eigenvalue weighted by Crippen LogP contribution is 2.47. The molecule has 0 aliphatic carbocycles. The fourth-order valence-corrected chi connectivity index (χ4v) is 7.81. The van der Waals surface area contributed by atoms with Gasteiger partial charge in [0.05, 0.1) is 23.6 Å². The number of esters is 1. The van der Waals surface area contributed by atoms with Gasteiger partial charge in [-0.25, -0.2) is 14.0 Å². The molecule has 1 aliphatic heterocycles. The number of carbonyl (C=O) groups is 7. The highest BCUT2D eigenvalue weighted by atomic mass is 32.2. The van der Waals surface area contributed by atoms with Crippen LogP contribution < -0.4 is 31.9 Å². The Morgan fingerprint density at radius 2 is 1.23 bits per heavy atom. The summed E-state index contributed by atoms with van der Waals surface area (Å²) in [5.41, 5.74) is 0.305. The van der Waals surface area contributed by atoms with Crippen LogP contribution in [0.1, 0.15) is 94.1 Å². The first-order valence-electron chi connectivity index (χ1n) is 19.0. The highest BCUT2D eigenvalue weighted by Gasteiger charge is 2.36. The topological polar surface area (TPSA) is 210 Å². The molecular weight excluding hydrogens is 760 g/mol. The van der Waals surface area contributed by atoms with Crippen LogP contribution in [0.3, 0.4) is 0 Å². The van der Waals surface area contributed by atoms with E-state index in [4.69, 9.17) is 9.47 Å². The summed E-state index contributed by atoms with van der Waals surface area (Å²) < 4.78 is 23.8. The maximum Gasteiger partial charge on any atom is 0.408 e. The maximum atomic E-state index is 13.6. The van der Waals surface area contributed by atoms with Crippen LogP contribution in [-0.4, -0.2) is 84.9 Å². The highest BCUT2D eigenvalue weighted by molar-refractivity contribution is 8.35. The van der Waals surface area contributed by atoms with Crippen molar-refractivity contribution in [2.75, 3.05) is 20.2 Å². The Kier molecular flexibility index (Phi) is 18.2. The zero-order valence-electron chi connectivity index (χ0n) is 35.0. The standard InChI is InChI=1S/C40H61FN6O9S/c1-13-27(25-14-16-26(41)17-15-25)32(48)47-36-28(37(52)55-12)24(8)20-57(36)39(54)43-19-18-42-33(49)29(21(2)3)44-34(50)30(22(4)5)45-35(51)31(23(6)7)46-38(53)56-40(9,10)11/h14-17,20-23,27,29-31,57H,13,18-19H2,1-12H3,(H,42,49)(H,43,54)(H,44,50)(H,45,51)(H,46,53)(H,47,48)/t27?,29-,30-,31-/m0/s1. The van der Waals surface area contributed by atoms with Crippen molar-refractivity contribution in [1.82, 2.24) is 31.9 Å². The lowest BCUT2D eigenvalue weighted by Gasteiger charge is -2.30. The summed E-state index contributed by atoms with van der Waals surface area (Å²) in [5.74, 6) is -5.14. The van der Waals surface area contributed by atoms with E-state index in [9.17, 15) is 38.0 Å². The molecule has 5 atom stereocenters. The van der Waals surface area contributed by atoms with Crippen molar-refractivity contribution in [3.63, 3.8) is 0 Å². The van der Waals surface area contributed by atoms with E-state index in [1.54, 1.807) is 81.6 Å². The van der Waals surface area contributed by atoms with E-state index in [1.165, 1.54) is 31.4 Å². The monoisotopic (exact) mass is 820 g/mol. The molecule has 57 heavy (non-hydrogen) atoms. The predicted molar refractivity (Wildman–Crippen MR) is 217 cm³/mol. The van der Waals surface area contributed by atoms with Gasteiger partial charge in [0.1, 0.15) is 29.5 Å². The number of hydrogen-bond donors (Lipinski definition) is 7. The number of thiol groups is 1. The van der Waals surface area contributed by atoms with Crippen LogP contribution in [0.15, 0.2) is 45.8 Å². The Morgan fingerprint density at radius 3 is 1.70 bits per heavy atom. The van der Waals surface area contributed by atoms with E-state index in [0.29, 0.717) is 17.6 Å². The summed E-state index contributed by atoms with van der Waals surface area (Å²) in [7, 11) is -0.697. The number of methoxy groups -OCH3 is 1. The number of benzene rings is 1. The Balaban J connectivity index is 2.10. The summed E-state index contributed by atoms with van der Waals surface area (Å²) in [6, 6.07) is 2.48. The minimum absolute atomic E-state index is 0.0238. The minimum atomic E-state index is -1.89. The fraction of sp³-hybridized carbons (Fsp3) is 0.575. The van der Waals surface area contributed by atoms with Gasteiger partial charge < -0.3 is 41.4 Å². The first-order chi connectivity index (χ1) is 26.5. The van der Waals surface area contributed by atoms with E-state index in [-0.39, 0.29) is 41.4 Å². The van der Waals surface area contributed by atoms with Gasteiger partial charge in [-0.1, -0.05) is 60.6 Å². The molecule has 0 aromatic heterocycles. The van der Waals surface area contributed by atoms with Gasteiger partial charge >= 0.3 is 12.1 Å². The third kappa shape index (κ3) is 14.2. The number of halogens is 1. The number of nitrogens with one attached hydrogen (secondary N) is 6. The summed E-state index contributed by atoms with van der Waals surface area (Å²) >= 11 is 0. The van der Waals surface area contributed by atoms with E-state index >= 15 is 0 Å². The third-order valence-electron chi connectivity index (χ3n) is 8.86. The Hall–Kier alpha value is -4.93. The second-order valence-electron chi connectivity index (χ2n) is 15.8. The van der Waals surface area contributed by atoms with Gasteiger partial charge in [-0.2, -0.15) is 0 Å². The molecule has 0 bridgehead atoms. The number of carbonyl (C=O) groups excluding carboxylic acids is 7. The lowest BCUT2D eigenvalue weighted by atomic mass is 9.95. The van der Waals surface area contributed by atoms with Crippen molar-refractivity contribution in [2.24, 2.45) is 17.8 Å². The smallest absolute Gasteiger partial charge is 0.408 e. The van der Waals surface area contributed by atoms with Gasteiger partial charge in [0.15, 0.2) is 0 Å². The Labute approximate surface area is 337 Å². The molecule has 1 aliphatic rings. The molecule has 1 aromatic carbocycles. The largest absolute Gasteiger partial charge is 0.465 e. The fourth-order valence-electron chi connectivity index (χ4n) is 5.82. The van der Waals surface area contributed by atoms with E-state index in [2.05, 4.69) is 31.9 Å². The van der Waals surface area contributed by atoms with E-state index < -0.39 is 87.3 Å². The molecular formula is C40H61FN6O9S. The number of alkyl carbamates (subject to hydrolysis) is 1. The van der Waals surface area contributed by atoms with Crippen LogP contribution >= 0.6 is 10.9 Å². The molecule has 1 heterocycles. The lowest BCUT2D eigenvalue weighted by molar-refractivity contribution is -0.135. The van der Waals surface area contributed by atoms with Gasteiger partial charge in [-0.05, 0) is 80.5 Å².